The van der Waals surface area contributed by atoms with Crippen LogP contribution in [0.2, 0.25) is 0 Å². The number of para-hydroxylation sites is 1. The molecule has 0 aliphatic carbocycles. The van der Waals surface area contributed by atoms with Crippen molar-refractivity contribution in [1.29, 1.82) is 0 Å². The fourth-order valence-electron chi connectivity index (χ4n) is 3.25. The molecule has 0 spiro atoms. The maximum Gasteiger partial charge on any atom is 0.166 e. The molecule has 0 radical (unpaired) electrons. The lowest BCUT2D eigenvalue weighted by Crippen LogP contribution is -2.21. The average Bonchev–Trinajstić information content (AvgIpc) is 3.05. The van der Waals surface area contributed by atoms with Gasteiger partial charge in [-0.1, -0.05) is 12.1 Å². The van der Waals surface area contributed by atoms with E-state index in [2.05, 4.69) is 11.4 Å². The van der Waals surface area contributed by atoms with Crippen LogP contribution in [0.3, 0.4) is 0 Å². The summed E-state index contributed by atoms with van der Waals surface area (Å²) in [5.74, 6) is 1.79. The van der Waals surface area contributed by atoms with Crippen LogP contribution in [0.15, 0.2) is 18.2 Å². The van der Waals surface area contributed by atoms with E-state index >= 15 is 0 Å². The second kappa shape index (κ2) is 7.14. The van der Waals surface area contributed by atoms with Gasteiger partial charge >= 0.3 is 0 Å². The number of benzene rings is 1. The summed E-state index contributed by atoms with van der Waals surface area (Å²) >= 11 is 0. The first kappa shape index (κ1) is 14.7. The van der Waals surface area contributed by atoms with Crippen molar-refractivity contribution >= 4 is 0 Å². The lowest BCUT2D eigenvalue weighted by Gasteiger charge is -2.25. The van der Waals surface area contributed by atoms with Crippen molar-refractivity contribution in [3.05, 3.63) is 23.8 Å². The van der Waals surface area contributed by atoms with Gasteiger partial charge in [0.2, 0.25) is 0 Å². The Morgan fingerprint density at radius 2 is 2.14 bits per heavy atom. The van der Waals surface area contributed by atoms with Gasteiger partial charge in [0.1, 0.15) is 13.2 Å². The minimum Gasteiger partial charge on any atom is -0.486 e. The van der Waals surface area contributed by atoms with E-state index in [1.165, 1.54) is 24.8 Å². The minimum absolute atomic E-state index is 0.308. The van der Waals surface area contributed by atoms with Crippen LogP contribution in [0.1, 0.15) is 43.7 Å². The summed E-state index contributed by atoms with van der Waals surface area (Å²) in [6.45, 7) is 2.22. The second-order valence-electron chi connectivity index (χ2n) is 5.78. The van der Waals surface area contributed by atoms with Crippen LogP contribution in [0.4, 0.5) is 0 Å². The van der Waals surface area contributed by atoms with Crippen molar-refractivity contribution in [3.63, 3.8) is 0 Å². The minimum atomic E-state index is 0.308. The van der Waals surface area contributed by atoms with E-state index in [4.69, 9.17) is 14.2 Å². The van der Waals surface area contributed by atoms with Gasteiger partial charge in [0.15, 0.2) is 11.5 Å². The number of nitrogens with one attached hydrogen (secondary N) is 1. The number of ether oxygens (including phenoxy) is 3. The molecule has 0 aromatic heterocycles. The molecule has 2 aliphatic heterocycles. The molecule has 1 N–H and O–H groups in total. The molecule has 0 bridgehead atoms. The zero-order valence-corrected chi connectivity index (χ0v) is 12.8. The predicted octanol–water partition coefficient (Wildman–Crippen LogP) is 3.07. The first-order valence-corrected chi connectivity index (χ1v) is 8.06. The molecule has 116 valence electrons. The van der Waals surface area contributed by atoms with E-state index in [1.54, 1.807) is 0 Å². The van der Waals surface area contributed by atoms with E-state index in [-0.39, 0.29) is 0 Å². The molecule has 1 fully saturated rings. The molecule has 21 heavy (non-hydrogen) atoms. The van der Waals surface area contributed by atoms with Gasteiger partial charge in [-0.3, -0.25) is 0 Å². The topological polar surface area (TPSA) is 39.7 Å². The molecular weight excluding hydrogens is 266 g/mol. The van der Waals surface area contributed by atoms with Gasteiger partial charge in [-0.05, 0) is 45.2 Å². The highest BCUT2D eigenvalue weighted by Gasteiger charge is 2.22. The summed E-state index contributed by atoms with van der Waals surface area (Å²) in [5.41, 5.74) is 1.21. The maximum absolute atomic E-state index is 5.83. The van der Waals surface area contributed by atoms with Crippen molar-refractivity contribution in [3.8, 4) is 11.5 Å². The summed E-state index contributed by atoms with van der Waals surface area (Å²) in [6, 6.07) is 6.48. The monoisotopic (exact) mass is 291 g/mol. The third-order valence-corrected chi connectivity index (χ3v) is 4.36. The fourth-order valence-corrected chi connectivity index (χ4v) is 3.25. The van der Waals surface area contributed by atoms with Gasteiger partial charge in [-0.25, -0.2) is 0 Å². The number of hydrogen-bond donors (Lipinski definition) is 1. The van der Waals surface area contributed by atoms with Gasteiger partial charge in [0.25, 0.3) is 0 Å². The second-order valence-corrected chi connectivity index (χ2v) is 5.78. The summed E-state index contributed by atoms with van der Waals surface area (Å²) in [5, 5.41) is 3.42. The number of rotatable bonds is 6. The van der Waals surface area contributed by atoms with E-state index in [1.807, 2.05) is 19.2 Å². The quantitative estimate of drug-likeness (QED) is 0.874. The third kappa shape index (κ3) is 3.50. The van der Waals surface area contributed by atoms with Gasteiger partial charge in [0, 0.05) is 18.2 Å². The van der Waals surface area contributed by atoms with Crippen molar-refractivity contribution in [2.24, 2.45) is 0 Å². The lowest BCUT2D eigenvalue weighted by molar-refractivity contribution is 0.101. The molecular formula is C17H25NO3. The van der Waals surface area contributed by atoms with E-state index in [9.17, 15) is 0 Å². The van der Waals surface area contributed by atoms with E-state index in [0.717, 1.165) is 30.9 Å². The normalized spacial score (nSPS) is 22.2. The summed E-state index contributed by atoms with van der Waals surface area (Å²) in [6.07, 6.45) is 6.34. The van der Waals surface area contributed by atoms with Crippen LogP contribution in [0.5, 0.6) is 11.5 Å². The first-order chi connectivity index (χ1) is 10.4. The van der Waals surface area contributed by atoms with E-state index < -0.39 is 0 Å². The highest BCUT2D eigenvalue weighted by molar-refractivity contribution is 5.48. The Bertz CT molecular complexity index is 457. The summed E-state index contributed by atoms with van der Waals surface area (Å²) in [7, 11) is 2.01. The van der Waals surface area contributed by atoms with Crippen LogP contribution in [-0.4, -0.2) is 33.0 Å². The number of fused-ring (bicyclic) bond motifs is 1. The van der Waals surface area contributed by atoms with Crippen molar-refractivity contribution in [2.75, 3.05) is 26.9 Å². The molecule has 1 aromatic rings. The summed E-state index contributed by atoms with van der Waals surface area (Å²) < 4.78 is 17.2. The Morgan fingerprint density at radius 1 is 1.24 bits per heavy atom. The maximum atomic E-state index is 5.83. The zero-order chi connectivity index (χ0) is 14.5. The van der Waals surface area contributed by atoms with Crippen LogP contribution >= 0.6 is 0 Å². The lowest BCUT2D eigenvalue weighted by atomic mass is 9.98. The SMILES string of the molecule is CNC(CCCC1CCCO1)c1cccc2c1OCCO2. The Hall–Kier alpha value is -1.26. The zero-order valence-electron chi connectivity index (χ0n) is 12.8. The Labute approximate surface area is 126 Å². The first-order valence-electron chi connectivity index (χ1n) is 8.06. The number of hydrogen-bond acceptors (Lipinski definition) is 4. The Kier molecular flexibility index (Phi) is 4.99. The molecule has 2 aliphatic rings. The van der Waals surface area contributed by atoms with Crippen LogP contribution in [0.25, 0.3) is 0 Å². The Morgan fingerprint density at radius 3 is 2.95 bits per heavy atom. The van der Waals surface area contributed by atoms with Crippen LogP contribution in [0, 0.1) is 0 Å². The highest BCUT2D eigenvalue weighted by atomic mass is 16.6. The molecule has 0 saturated carbocycles. The largest absolute Gasteiger partial charge is 0.486 e. The molecule has 2 heterocycles. The molecule has 0 amide bonds. The molecule has 2 atom stereocenters. The predicted molar refractivity (Wildman–Crippen MR) is 82.1 cm³/mol. The van der Waals surface area contributed by atoms with Crippen molar-refractivity contribution in [1.82, 2.24) is 5.32 Å². The molecule has 4 nitrogen and oxygen atoms in total. The van der Waals surface area contributed by atoms with Gasteiger partial charge in [0.05, 0.1) is 6.10 Å². The fraction of sp³-hybridized carbons (Fsp3) is 0.647. The van der Waals surface area contributed by atoms with Crippen LogP contribution in [-0.2, 0) is 4.74 Å². The van der Waals surface area contributed by atoms with Crippen molar-refractivity contribution in [2.45, 2.75) is 44.2 Å². The average molecular weight is 291 g/mol. The van der Waals surface area contributed by atoms with Gasteiger partial charge in [-0.2, -0.15) is 0 Å². The Balaban J connectivity index is 1.62. The van der Waals surface area contributed by atoms with Gasteiger partial charge in [-0.15, -0.1) is 0 Å². The molecule has 1 aromatic carbocycles. The summed E-state index contributed by atoms with van der Waals surface area (Å²) in [4.78, 5) is 0. The smallest absolute Gasteiger partial charge is 0.166 e. The van der Waals surface area contributed by atoms with E-state index in [0.29, 0.717) is 25.4 Å². The highest BCUT2D eigenvalue weighted by Crippen LogP contribution is 2.38. The standard InChI is InChI=1S/C17H25NO3/c1-18-15(8-2-5-13-6-4-10-19-13)14-7-3-9-16-17(14)21-12-11-20-16/h3,7,9,13,15,18H,2,4-6,8,10-12H2,1H3. The van der Waals surface area contributed by atoms with Gasteiger partial charge < -0.3 is 19.5 Å². The van der Waals surface area contributed by atoms with Crippen LogP contribution < -0.4 is 14.8 Å². The molecule has 2 unspecified atom stereocenters. The van der Waals surface area contributed by atoms with Crippen molar-refractivity contribution < 1.29 is 14.2 Å². The third-order valence-electron chi connectivity index (χ3n) is 4.36. The molecule has 1 saturated heterocycles. The molecule has 3 rings (SSSR count). The molecule has 4 heteroatoms.